The molecule has 0 saturated carbocycles. The number of benzene rings is 1. The van der Waals surface area contributed by atoms with E-state index in [0.29, 0.717) is 6.54 Å². The minimum Gasteiger partial charge on any atom is -0.323 e. The molecule has 4 heteroatoms. The predicted octanol–water partition coefficient (Wildman–Crippen LogP) is 3.36. The fourth-order valence-electron chi connectivity index (χ4n) is 1.92. The number of aromatic nitrogens is 1. The Balaban J connectivity index is 2.02. The van der Waals surface area contributed by atoms with Gasteiger partial charge >= 0.3 is 6.03 Å². The second-order valence-corrected chi connectivity index (χ2v) is 4.96. The second kappa shape index (κ2) is 6.19. The highest BCUT2D eigenvalue weighted by molar-refractivity contribution is 5.90. The highest BCUT2D eigenvalue weighted by atomic mass is 16.2. The van der Waals surface area contributed by atoms with Crippen LogP contribution in [0.2, 0.25) is 0 Å². The number of nitrogens with one attached hydrogen (secondary N) is 1. The third-order valence-electron chi connectivity index (χ3n) is 3.15. The van der Waals surface area contributed by atoms with Gasteiger partial charge in [-0.15, -0.1) is 0 Å². The van der Waals surface area contributed by atoms with Crippen molar-refractivity contribution < 1.29 is 4.79 Å². The van der Waals surface area contributed by atoms with E-state index in [1.807, 2.05) is 44.2 Å². The van der Waals surface area contributed by atoms with Crippen LogP contribution < -0.4 is 5.32 Å². The first-order valence-electron chi connectivity index (χ1n) is 6.54. The Morgan fingerprint density at radius 3 is 2.60 bits per heavy atom. The lowest BCUT2D eigenvalue weighted by molar-refractivity contribution is 0.220. The number of pyridine rings is 1. The van der Waals surface area contributed by atoms with Crippen LogP contribution in [0.4, 0.5) is 10.5 Å². The van der Waals surface area contributed by atoms with Gasteiger partial charge in [0.15, 0.2) is 0 Å². The van der Waals surface area contributed by atoms with Crippen LogP contribution in [0, 0.1) is 13.8 Å². The first-order chi connectivity index (χ1) is 9.56. The van der Waals surface area contributed by atoms with E-state index in [0.717, 1.165) is 22.4 Å². The Kier molecular flexibility index (Phi) is 4.35. The molecule has 1 N–H and O–H groups in total. The molecule has 1 aromatic heterocycles. The first-order valence-corrected chi connectivity index (χ1v) is 6.54. The molecule has 0 atom stereocenters. The number of hydrogen-bond donors (Lipinski definition) is 1. The summed E-state index contributed by atoms with van der Waals surface area (Å²) in [5.41, 5.74) is 4.10. The average Bonchev–Trinajstić information content (AvgIpc) is 2.44. The fourth-order valence-corrected chi connectivity index (χ4v) is 1.92. The smallest absolute Gasteiger partial charge is 0.321 e. The SMILES string of the molecule is Cc1ccc(C)c(NC(=O)N(C)Cc2ccncc2)c1. The van der Waals surface area contributed by atoms with Gasteiger partial charge in [-0.1, -0.05) is 12.1 Å². The molecule has 2 amide bonds. The predicted molar refractivity (Wildman–Crippen MR) is 80.6 cm³/mol. The average molecular weight is 269 g/mol. The molecule has 1 heterocycles. The molecule has 1 aromatic carbocycles. The molecule has 2 aromatic rings. The van der Waals surface area contributed by atoms with Crippen molar-refractivity contribution in [2.45, 2.75) is 20.4 Å². The van der Waals surface area contributed by atoms with Crippen LogP contribution in [0.25, 0.3) is 0 Å². The largest absolute Gasteiger partial charge is 0.323 e. The molecule has 2 rings (SSSR count). The van der Waals surface area contributed by atoms with E-state index in [1.165, 1.54) is 0 Å². The van der Waals surface area contributed by atoms with E-state index in [9.17, 15) is 4.79 Å². The lowest BCUT2D eigenvalue weighted by atomic mass is 10.1. The van der Waals surface area contributed by atoms with Gasteiger partial charge in [0, 0.05) is 31.7 Å². The van der Waals surface area contributed by atoms with E-state index >= 15 is 0 Å². The first kappa shape index (κ1) is 14.1. The van der Waals surface area contributed by atoms with Crippen molar-refractivity contribution in [1.82, 2.24) is 9.88 Å². The summed E-state index contributed by atoms with van der Waals surface area (Å²) in [5.74, 6) is 0. The number of amides is 2. The third kappa shape index (κ3) is 3.57. The molecule has 0 radical (unpaired) electrons. The maximum absolute atomic E-state index is 12.2. The molecule has 0 saturated heterocycles. The highest BCUT2D eigenvalue weighted by Crippen LogP contribution is 2.17. The van der Waals surface area contributed by atoms with Crippen molar-refractivity contribution in [2.24, 2.45) is 0 Å². The van der Waals surface area contributed by atoms with Gasteiger partial charge in [-0.05, 0) is 48.7 Å². The van der Waals surface area contributed by atoms with Crippen molar-refractivity contribution in [1.29, 1.82) is 0 Å². The lowest BCUT2D eigenvalue weighted by Gasteiger charge is -2.19. The Hall–Kier alpha value is -2.36. The van der Waals surface area contributed by atoms with Crippen LogP contribution in [0.3, 0.4) is 0 Å². The van der Waals surface area contributed by atoms with Crippen molar-refractivity contribution in [2.75, 3.05) is 12.4 Å². The Bertz CT molecular complexity index is 596. The van der Waals surface area contributed by atoms with Crippen LogP contribution in [0.5, 0.6) is 0 Å². The Labute approximate surface area is 119 Å². The van der Waals surface area contributed by atoms with Gasteiger partial charge in [-0.25, -0.2) is 4.79 Å². The molecule has 0 spiro atoms. The molecular weight excluding hydrogens is 250 g/mol. The molecule has 20 heavy (non-hydrogen) atoms. The molecule has 0 aliphatic carbocycles. The van der Waals surface area contributed by atoms with Crippen LogP contribution in [0.15, 0.2) is 42.7 Å². The molecular formula is C16H19N3O. The zero-order valence-corrected chi connectivity index (χ0v) is 12.1. The normalized spacial score (nSPS) is 10.2. The molecule has 104 valence electrons. The number of urea groups is 1. The quantitative estimate of drug-likeness (QED) is 0.928. The summed E-state index contributed by atoms with van der Waals surface area (Å²) in [7, 11) is 1.78. The van der Waals surface area contributed by atoms with Crippen LogP contribution in [-0.2, 0) is 6.54 Å². The maximum atomic E-state index is 12.2. The summed E-state index contributed by atoms with van der Waals surface area (Å²) in [6.07, 6.45) is 3.46. The van der Waals surface area contributed by atoms with Gasteiger partial charge in [0.25, 0.3) is 0 Å². The van der Waals surface area contributed by atoms with Crippen molar-refractivity contribution in [3.8, 4) is 0 Å². The highest BCUT2D eigenvalue weighted by Gasteiger charge is 2.10. The summed E-state index contributed by atoms with van der Waals surface area (Å²) >= 11 is 0. The maximum Gasteiger partial charge on any atom is 0.321 e. The van der Waals surface area contributed by atoms with Gasteiger partial charge in [0.05, 0.1) is 0 Å². The van der Waals surface area contributed by atoms with Gasteiger partial charge < -0.3 is 10.2 Å². The zero-order chi connectivity index (χ0) is 14.5. The van der Waals surface area contributed by atoms with Crippen molar-refractivity contribution >= 4 is 11.7 Å². The number of carbonyl (C=O) groups is 1. The van der Waals surface area contributed by atoms with Gasteiger partial charge in [0.1, 0.15) is 0 Å². The summed E-state index contributed by atoms with van der Waals surface area (Å²) in [6.45, 7) is 4.55. The van der Waals surface area contributed by atoms with E-state index in [-0.39, 0.29) is 6.03 Å². The topological polar surface area (TPSA) is 45.2 Å². The standard InChI is InChI=1S/C16H19N3O/c1-12-4-5-13(2)15(10-12)18-16(20)19(3)11-14-6-8-17-9-7-14/h4-10H,11H2,1-3H3,(H,18,20). The van der Waals surface area contributed by atoms with Crippen LogP contribution in [-0.4, -0.2) is 23.0 Å². The molecule has 0 aliphatic heterocycles. The number of hydrogen-bond acceptors (Lipinski definition) is 2. The summed E-state index contributed by atoms with van der Waals surface area (Å²) in [4.78, 5) is 17.8. The lowest BCUT2D eigenvalue weighted by Crippen LogP contribution is -2.31. The van der Waals surface area contributed by atoms with Gasteiger partial charge in [-0.3, -0.25) is 4.98 Å². The zero-order valence-electron chi connectivity index (χ0n) is 12.1. The number of aryl methyl sites for hydroxylation is 2. The fraction of sp³-hybridized carbons (Fsp3) is 0.250. The number of nitrogens with zero attached hydrogens (tertiary/aromatic N) is 2. The number of rotatable bonds is 3. The second-order valence-electron chi connectivity index (χ2n) is 4.96. The van der Waals surface area contributed by atoms with Crippen molar-refractivity contribution in [3.63, 3.8) is 0 Å². The molecule has 4 nitrogen and oxygen atoms in total. The number of anilines is 1. The summed E-state index contributed by atoms with van der Waals surface area (Å²) < 4.78 is 0. The van der Waals surface area contributed by atoms with E-state index < -0.39 is 0 Å². The molecule has 0 aliphatic rings. The van der Waals surface area contributed by atoms with Crippen molar-refractivity contribution in [3.05, 3.63) is 59.4 Å². The summed E-state index contributed by atoms with van der Waals surface area (Å²) in [5, 5.41) is 2.94. The van der Waals surface area contributed by atoms with E-state index in [4.69, 9.17) is 0 Å². The van der Waals surface area contributed by atoms with E-state index in [1.54, 1.807) is 24.3 Å². The van der Waals surface area contributed by atoms with Gasteiger partial charge in [-0.2, -0.15) is 0 Å². The molecule has 0 fully saturated rings. The third-order valence-corrected chi connectivity index (χ3v) is 3.15. The monoisotopic (exact) mass is 269 g/mol. The van der Waals surface area contributed by atoms with Crippen LogP contribution >= 0.6 is 0 Å². The molecule has 0 unspecified atom stereocenters. The van der Waals surface area contributed by atoms with Gasteiger partial charge in [0.2, 0.25) is 0 Å². The van der Waals surface area contributed by atoms with E-state index in [2.05, 4.69) is 10.3 Å². The molecule has 0 bridgehead atoms. The summed E-state index contributed by atoms with van der Waals surface area (Å²) in [6, 6.07) is 9.71. The Morgan fingerprint density at radius 1 is 1.20 bits per heavy atom. The minimum absolute atomic E-state index is 0.115. The van der Waals surface area contributed by atoms with Crippen LogP contribution in [0.1, 0.15) is 16.7 Å². The number of carbonyl (C=O) groups excluding carboxylic acids is 1. The minimum atomic E-state index is -0.115. The Morgan fingerprint density at radius 2 is 1.90 bits per heavy atom.